The van der Waals surface area contributed by atoms with Crippen LogP contribution < -0.4 is 34.3 Å². The lowest BCUT2D eigenvalue weighted by Gasteiger charge is -2.20. The summed E-state index contributed by atoms with van der Waals surface area (Å²) in [5, 5.41) is 12.2. The Morgan fingerprint density at radius 2 is 1.12 bits per heavy atom. The number of ether oxygens (including phenoxy) is 5. The van der Waals surface area contributed by atoms with E-state index in [0.29, 0.717) is 34.1 Å². The molecule has 2 N–H and O–H groups in total. The number of carbonyl (C=O) groups excluding carboxylic acids is 2. The maximum absolute atomic E-state index is 13.9. The number of aromatic nitrogens is 2. The molecular formula is C32H26F4N4O9. The van der Waals surface area contributed by atoms with Crippen molar-refractivity contribution in [3.05, 3.63) is 78.1 Å². The van der Waals surface area contributed by atoms with Gasteiger partial charge in [-0.15, -0.1) is 0 Å². The van der Waals surface area contributed by atoms with E-state index >= 15 is 0 Å². The Kier molecular flexibility index (Phi) is 9.91. The number of nitrogens with one attached hydrogen (secondary N) is 2. The van der Waals surface area contributed by atoms with Gasteiger partial charge < -0.3 is 43.4 Å². The number of hydrogen-bond donors (Lipinski definition) is 2. The van der Waals surface area contributed by atoms with Gasteiger partial charge in [0, 0.05) is 28.9 Å². The fourth-order valence-electron chi connectivity index (χ4n) is 4.38. The molecule has 0 bridgehead atoms. The quantitative estimate of drug-likeness (QED) is 0.126. The molecule has 2 aromatic heterocycles. The van der Waals surface area contributed by atoms with E-state index in [0.717, 1.165) is 18.2 Å². The molecule has 13 nitrogen and oxygen atoms in total. The van der Waals surface area contributed by atoms with Crippen molar-refractivity contribution >= 4 is 23.2 Å². The van der Waals surface area contributed by atoms with Gasteiger partial charge in [-0.25, -0.2) is 0 Å². The van der Waals surface area contributed by atoms with Crippen LogP contribution in [0.4, 0.5) is 28.9 Å². The second kappa shape index (κ2) is 14.2. The predicted molar refractivity (Wildman–Crippen MR) is 164 cm³/mol. The average Bonchev–Trinajstić information content (AvgIpc) is 3.80. The summed E-state index contributed by atoms with van der Waals surface area (Å²) in [6.45, 7) is 0. The van der Waals surface area contributed by atoms with Crippen LogP contribution in [0.25, 0.3) is 22.6 Å². The topological polar surface area (TPSA) is 156 Å². The largest absolute Gasteiger partial charge is 0.493 e. The van der Waals surface area contributed by atoms with Gasteiger partial charge in [-0.1, -0.05) is 10.3 Å². The summed E-state index contributed by atoms with van der Waals surface area (Å²) < 4.78 is 89.5. The Bertz CT molecular complexity index is 1980. The monoisotopic (exact) mass is 686 g/mol. The van der Waals surface area contributed by atoms with Gasteiger partial charge in [0.25, 0.3) is 11.8 Å². The minimum Gasteiger partial charge on any atom is -0.493 e. The molecule has 0 saturated carbocycles. The van der Waals surface area contributed by atoms with Crippen molar-refractivity contribution in [3.63, 3.8) is 0 Å². The van der Waals surface area contributed by atoms with E-state index in [1.165, 1.54) is 40.6 Å². The van der Waals surface area contributed by atoms with Crippen LogP contribution in [0.2, 0.25) is 0 Å². The first-order chi connectivity index (χ1) is 23.5. The van der Waals surface area contributed by atoms with E-state index in [2.05, 4.69) is 25.7 Å². The molecule has 3 aromatic carbocycles. The van der Waals surface area contributed by atoms with Crippen LogP contribution in [0.1, 0.15) is 21.0 Å². The summed E-state index contributed by atoms with van der Waals surface area (Å²) in [6.07, 6.45) is -9.11. The number of benzene rings is 3. The summed E-state index contributed by atoms with van der Waals surface area (Å²) in [6, 6.07) is 15.2. The zero-order valence-electron chi connectivity index (χ0n) is 26.0. The Hall–Kier alpha value is -6.26. The van der Waals surface area contributed by atoms with Crippen LogP contribution in [0.5, 0.6) is 28.7 Å². The van der Waals surface area contributed by atoms with Crippen LogP contribution in [0.3, 0.4) is 0 Å². The van der Waals surface area contributed by atoms with Gasteiger partial charge in [-0.2, -0.15) is 17.6 Å². The van der Waals surface area contributed by atoms with Crippen molar-refractivity contribution in [1.82, 2.24) is 10.3 Å². The van der Waals surface area contributed by atoms with Gasteiger partial charge in [0.2, 0.25) is 0 Å². The third-order valence-electron chi connectivity index (χ3n) is 6.81. The first kappa shape index (κ1) is 34.1. The Balaban J connectivity index is 1.38. The van der Waals surface area contributed by atoms with Crippen molar-refractivity contribution in [1.29, 1.82) is 0 Å². The zero-order valence-corrected chi connectivity index (χ0v) is 26.0. The molecule has 0 aliphatic rings. The molecule has 0 aliphatic carbocycles. The van der Waals surface area contributed by atoms with Gasteiger partial charge >= 0.3 is 12.5 Å². The normalized spacial score (nSPS) is 11.2. The van der Waals surface area contributed by atoms with Crippen LogP contribution in [0.15, 0.2) is 75.8 Å². The molecule has 49 heavy (non-hydrogen) atoms. The predicted octanol–water partition coefficient (Wildman–Crippen LogP) is 6.77. The molecule has 2 amide bonds. The third-order valence-corrected chi connectivity index (χ3v) is 6.81. The lowest BCUT2D eigenvalue weighted by Crippen LogP contribution is -2.33. The Labute approximate surface area is 274 Å². The van der Waals surface area contributed by atoms with E-state index in [9.17, 15) is 27.2 Å². The minimum absolute atomic E-state index is 0.0603. The van der Waals surface area contributed by atoms with Crippen LogP contribution >= 0.6 is 0 Å². The highest BCUT2D eigenvalue weighted by atomic mass is 19.3. The molecule has 2 heterocycles. The molecule has 0 fully saturated rings. The molecule has 0 unspecified atom stereocenters. The van der Waals surface area contributed by atoms with Gasteiger partial charge in [-0.05, 0) is 54.6 Å². The standard InChI is InChI=1S/C32H26F4N4O9/c1-43-23-8-5-16(11-27(23)45-3)25-14-20(39-48-25)29(41)37-18-7-10-22(47-32(35,36)31(33)34)19(13-18)38-30(42)21-15-26(49-40-21)17-6-9-24(44-2)28(12-17)46-4/h5-15,31H,1-4H3,(H,37,41)(H,38,42). The van der Waals surface area contributed by atoms with E-state index in [4.69, 9.17) is 28.0 Å². The highest BCUT2D eigenvalue weighted by molar-refractivity contribution is 6.06. The maximum atomic E-state index is 13.9. The Morgan fingerprint density at radius 1 is 0.653 bits per heavy atom. The van der Waals surface area contributed by atoms with Crippen LogP contribution in [0, 0.1) is 0 Å². The van der Waals surface area contributed by atoms with E-state index < -0.39 is 35.8 Å². The lowest BCUT2D eigenvalue weighted by molar-refractivity contribution is -0.252. The second-order valence-electron chi connectivity index (χ2n) is 9.88. The summed E-state index contributed by atoms with van der Waals surface area (Å²) in [5.41, 5.74) is -0.0874. The molecule has 0 saturated heterocycles. The molecule has 17 heteroatoms. The summed E-state index contributed by atoms with van der Waals surface area (Å²) >= 11 is 0. The minimum atomic E-state index is -4.92. The van der Waals surface area contributed by atoms with E-state index in [1.54, 1.807) is 36.4 Å². The number of amides is 2. The first-order valence-corrected chi connectivity index (χ1v) is 14.0. The number of rotatable bonds is 13. The van der Waals surface area contributed by atoms with Crippen LogP contribution in [-0.2, 0) is 0 Å². The summed E-state index contributed by atoms with van der Waals surface area (Å²) in [4.78, 5) is 26.1. The molecule has 0 aliphatic heterocycles. The van der Waals surface area contributed by atoms with Gasteiger partial charge in [0.15, 0.2) is 45.9 Å². The van der Waals surface area contributed by atoms with Crippen molar-refractivity contribution < 1.29 is 59.9 Å². The number of halogens is 4. The van der Waals surface area contributed by atoms with Gasteiger partial charge in [0.1, 0.15) is 5.75 Å². The highest BCUT2D eigenvalue weighted by Gasteiger charge is 2.44. The fourth-order valence-corrected chi connectivity index (χ4v) is 4.38. The van der Waals surface area contributed by atoms with Crippen molar-refractivity contribution in [2.75, 3.05) is 39.1 Å². The number of methoxy groups -OCH3 is 4. The zero-order chi connectivity index (χ0) is 35.3. The van der Waals surface area contributed by atoms with Gasteiger partial charge in [0.05, 0.1) is 34.1 Å². The molecule has 0 atom stereocenters. The van der Waals surface area contributed by atoms with E-state index in [-0.39, 0.29) is 28.6 Å². The average molecular weight is 687 g/mol. The summed E-state index contributed by atoms with van der Waals surface area (Å²) in [5.74, 6) is -0.610. The molecular weight excluding hydrogens is 660 g/mol. The van der Waals surface area contributed by atoms with Crippen molar-refractivity contribution in [2.24, 2.45) is 0 Å². The maximum Gasteiger partial charge on any atom is 0.461 e. The molecule has 256 valence electrons. The van der Waals surface area contributed by atoms with Crippen LogP contribution in [-0.4, -0.2) is 63.1 Å². The highest BCUT2D eigenvalue weighted by Crippen LogP contribution is 2.37. The fraction of sp³-hybridized carbons (Fsp3) is 0.188. The first-order valence-electron chi connectivity index (χ1n) is 14.0. The third kappa shape index (κ3) is 7.50. The second-order valence-corrected chi connectivity index (χ2v) is 9.88. The molecule has 0 radical (unpaired) electrons. The Morgan fingerprint density at radius 3 is 1.59 bits per heavy atom. The number of alkyl halides is 4. The lowest BCUT2D eigenvalue weighted by atomic mass is 10.1. The number of hydrogen-bond acceptors (Lipinski definition) is 11. The number of anilines is 2. The number of nitrogens with zero attached hydrogens (tertiary/aromatic N) is 2. The van der Waals surface area contributed by atoms with Crippen molar-refractivity contribution in [2.45, 2.75) is 12.5 Å². The molecule has 5 aromatic rings. The molecule has 0 spiro atoms. The molecule has 5 rings (SSSR count). The summed E-state index contributed by atoms with van der Waals surface area (Å²) in [7, 11) is 5.81. The SMILES string of the molecule is COc1ccc(-c2cc(C(=O)Nc3ccc(OC(F)(F)C(F)F)c(NC(=O)c4cc(-c5ccc(OC)c(OC)c5)on4)c3)no2)cc1OC. The smallest absolute Gasteiger partial charge is 0.461 e. The number of carbonyl (C=O) groups is 2. The van der Waals surface area contributed by atoms with Gasteiger partial charge in [-0.3, -0.25) is 9.59 Å². The van der Waals surface area contributed by atoms with E-state index in [1.807, 2.05) is 0 Å². The van der Waals surface area contributed by atoms with Crippen molar-refractivity contribution in [3.8, 4) is 51.4 Å².